The normalized spacial score (nSPS) is 22.6. The maximum Gasteiger partial charge on any atom is 0.231 e. The van der Waals surface area contributed by atoms with Crippen molar-refractivity contribution in [1.29, 1.82) is 0 Å². The van der Waals surface area contributed by atoms with Gasteiger partial charge in [-0.05, 0) is 47.7 Å². The summed E-state index contributed by atoms with van der Waals surface area (Å²) in [6.45, 7) is 0.172. The number of rotatable bonds is 3. The summed E-state index contributed by atoms with van der Waals surface area (Å²) >= 11 is 3.59. The van der Waals surface area contributed by atoms with Crippen LogP contribution in [-0.2, 0) is 9.59 Å². The highest BCUT2D eigenvalue weighted by Gasteiger charge is 2.39. The number of benzene rings is 2. The molecule has 0 fully saturated rings. The van der Waals surface area contributed by atoms with Crippen LogP contribution in [0.25, 0.3) is 0 Å². The summed E-state index contributed by atoms with van der Waals surface area (Å²) in [6, 6.07) is 11.5. The van der Waals surface area contributed by atoms with Crippen molar-refractivity contribution in [2.45, 2.75) is 31.1 Å². The van der Waals surface area contributed by atoms with Gasteiger partial charge in [-0.25, -0.2) is 0 Å². The Bertz CT molecular complexity index is 1090. The van der Waals surface area contributed by atoms with E-state index in [1.54, 1.807) is 7.11 Å². The Morgan fingerprint density at radius 2 is 1.87 bits per heavy atom. The number of carbonyl (C=O) groups is 2. The molecular weight excluding hydrogens is 450 g/mol. The van der Waals surface area contributed by atoms with Crippen LogP contribution in [0.4, 0.5) is 0 Å². The van der Waals surface area contributed by atoms with E-state index >= 15 is 0 Å². The first-order valence-electron chi connectivity index (χ1n) is 9.82. The Morgan fingerprint density at radius 3 is 2.67 bits per heavy atom. The Labute approximate surface area is 182 Å². The summed E-state index contributed by atoms with van der Waals surface area (Å²) in [5, 5.41) is 2.97. The molecule has 7 heteroatoms. The zero-order valence-electron chi connectivity index (χ0n) is 16.4. The molecular formula is C23H20BrNO5. The van der Waals surface area contributed by atoms with Crippen LogP contribution in [0.5, 0.6) is 17.2 Å². The predicted molar refractivity (Wildman–Crippen MR) is 113 cm³/mol. The van der Waals surface area contributed by atoms with Gasteiger partial charge < -0.3 is 19.5 Å². The SMILES string of the molecule is COc1cccc(C2CC(=O)C3=C(C2)NC(=O)CC3c2cc3c(cc2Br)OCO3)c1. The van der Waals surface area contributed by atoms with Crippen molar-refractivity contribution < 1.29 is 23.8 Å². The maximum atomic E-state index is 13.3. The number of fused-ring (bicyclic) bond motifs is 1. The summed E-state index contributed by atoms with van der Waals surface area (Å²) in [5.74, 6) is 1.74. The Morgan fingerprint density at radius 1 is 1.07 bits per heavy atom. The highest BCUT2D eigenvalue weighted by Crippen LogP contribution is 2.47. The minimum atomic E-state index is -0.309. The Kier molecular flexibility index (Phi) is 4.77. The van der Waals surface area contributed by atoms with Crippen molar-refractivity contribution >= 4 is 27.6 Å². The highest BCUT2D eigenvalue weighted by atomic mass is 79.9. The maximum absolute atomic E-state index is 13.3. The average molecular weight is 470 g/mol. The molecule has 0 bridgehead atoms. The lowest BCUT2D eigenvalue weighted by Gasteiger charge is -2.35. The first-order chi connectivity index (χ1) is 14.5. The minimum Gasteiger partial charge on any atom is -0.497 e. The monoisotopic (exact) mass is 469 g/mol. The van der Waals surface area contributed by atoms with Crippen molar-refractivity contribution in [2.24, 2.45) is 0 Å². The number of amides is 1. The summed E-state index contributed by atoms with van der Waals surface area (Å²) in [4.78, 5) is 25.8. The van der Waals surface area contributed by atoms with Crippen molar-refractivity contribution in [3.05, 3.63) is 63.3 Å². The summed E-state index contributed by atoms with van der Waals surface area (Å²) in [7, 11) is 1.63. The third-order valence-electron chi connectivity index (χ3n) is 5.97. The smallest absolute Gasteiger partial charge is 0.231 e. The first kappa shape index (κ1) is 19.2. The quantitative estimate of drug-likeness (QED) is 0.729. The second-order valence-corrected chi connectivity index (χ2v) is 8.58. The van der Waals surface area contributed by atoms with E-state index in [0.29, 0.717) is 29.9 Å². The van der Waals surface area contributed by atoms with Gasteiger partial charge in [0, 0.05) is 34.5 Å². The van der Waals surface area contributed by atoms with Crippen LogP contribution in [0.1, 0.15) is 42.2 Å². The zero-order valence-corrected chi connectivity index (χ0v) is 18.0. The number of Topliss-reactive ketones (excluding diaryl/α,β-unsaturated/α-hetero) is 1. The van der Waals surface area contributed by atoms with Gasteiger partial charge in [-0.2, -0.15) is 0 Å². The number of allylic oxidation sites excluding steroid dienone is 2. The molecule has 6 nitrogen and oxygen atoms in total. The van der Waals surface area contributed by atoms with Crippen LogP contribution in [0.3, 0.4) is 0 Å². The zero-order chi connectivity index (χ0) is 20.8. The van der Waals surface area contributed by atoms with Crippen LogP contribution in [0.2, 0.25) is 0 Å². The fourth-order valence-corrected chi connectivity index (χ4v) is 5.16. The second kappa shape index (κ2) is 7.47. The van der Waals surface area contributed by atoms with E-state index in [-0.39, 0.29) is 36.7 Å². The summed E-state index contributed by atoms with van der Waals surface area (Å²) in [6.07, 6.45) is 1.24. The van der Waals surface area contributed by atoms with Crippen LogP contribution in [0.15, 0.2) is 52.1 Å². The molecule has 2 aliphatic heterocycles. The number of carbonyl (C=O) groups excluding carboxylic acids is 2. The molecule has 2 heterocycles. The van der Waals surface area contributed by atoms with Gasteiger partial charge in [0.05, 0.1) is 7.11 Å². The van der Waals surface area contributed by atoms with E-state index in [1.807, 2.05) is 36.4 Å². The molecule has 2 aromatic rings. The van der Waals surface area contributed by atoms with Crippen molar-refractivity contribution in [3.63, 3.8) is 0 Å². The summed E-state index contributed by atoms with van der Waals surface area (Å²) in [5.41, 5.74) is 3.34. The van der Waals surface area contributed by atoms with Gasteiger partial charge >= 0.3 is 0 Å². The third-order valence-corrected chi connectivity index (χ3v) is 6.66. The molecule has 1 aliphatic carbocycles. The molecule has 0 aromatic heterocycles. The predicted octanol–water partition coefficient (Wildman–Crippen LogP) is 4.19. The number of halogens is 1. The topological polar surface area (TPSA) is 73.9 Å². The number of ether oxygens (including phenoxy) is 3. The van der Waals surface area contributed by atoms with Gasteiger partial charge in [-0.3, -0.25) is 9.59 Å². The molecule has 30 heavy (non-hydrogen) atoms. The molecule has 3 aliphatic rings. The van der Waals surface area contributed by atoms with Crippen LogP contribution in [0, 0.1) is 0 Å². The lowest BCUT2D eigenvalue weighted by atomic mass is 9.73. The summed E-state index contributed by atoms with van der Waals surface area (Å²) < 4.78 is 17.1. The lowest BCUT2D eigenvalue weighted by molar-refractivity contribution is -0.122. The number of ketones is 1. The lowest BCUT2D eigenvalue weighted by Crippen LogP contribution is -2.38. The van der Waals surface area contributed by atoms with Gasteiger partial charge in [0.25, 0.3) is 0 Å². The standard InChI is InChI=1S/C23H20BrNO5/c1-28-14-4-2-3-12(5-14)13-6-18-23(19(26)7-13)16(9-22(27)25-18)15-8-20-21(10-17(15)24)30-11-29-20/h2-5,8,10,13,16H,6-7,9,11H2,1H3,(H,25,27). The largest absolute Gasteiger partial charge is 0.497 e. The van der Waals surface area contributed by atoms with E-state index in [1.165, 1.54) is 0 Å². The molecule has 0 radical (unpaired) electrons. The van der Waals surface area contributed by atoms with Crippen molar-refractivity contribution in [2.75, 3.05) is 13.9 Å². The molecule has 2 unspecified atom stereocenters. The first-order valence-corrected chi connectivity index (χ1v) is 10.6. The molecule has 154 valence electrons. The van der Waals surface area contributed by atoms with E-state index in [2.05, 4.69) is 21.2 Å². The van der Waals surface area contributed by atoms with Crippen LogP contribution >= 0.6 is 15.9 Å². The molecule has 5 rings (SSSR count). The fourth-order valence-electron chi connectivity index (χ4n) is 4.56. The molecule has 1 amide bonds. The Balaban J connectivity index is 1.53. The van der Waals surface area contributed by atoms with Gasteiger partial charge in [0.1, 0.15) is 5.75 Å². The molecule has 1 N–H and O–H groups in total. The number of methoxy groups -OCH3 is 1. The molecule has 0 saturated carbocycles. The van der Waals surface area contributed by atoms with Gasteiger partial charge in [-0.1, -0.05) is 28.1 Å². The molecule has 0 saturated heterocycles. The van der Waals surface area contributed by atoms with E-state index in [9.17, 15) is 9.59 Å². The molecule has 2 atom stereocenters. The van der Waals surface area contributed by atoms with Crippen molar-refractivity contribution in [3.8, 4) is 17.2 Å². The second-order valence-electron chi connectivity index (χ2n) is 7.73. The molecule has 2 aromatic carbocycles. The van der Waals surface area contributed by atoms with Gasteiger partial charge in [-0.15, -0.1) is 0 Å². The number of hydrogen-bond acceptors (Lipinski definition) is 5. The van der Waals surface area contributed by atoms with Gasteiger partial charge in [0.15, 0.2) is 17.3 Å². The highest BCUT2D eigenvalue weighted by molar-refractivity contribution is 9.10. The number of nitrogens with one attached hydrogen (secondary N) is 1. The number of hydrogen-bond donors (Lipinski definition) is 1. The minimum absolute atomic E-state index is 0.00518. The van der Waals surface area contributed by atoms with Gasteiger partial charge in [0.2, 0.25) is 12.7 Å². The fraction of sp³-hybridized carbons (Fsp3) is 0.304. The van der Waals surface area contributed by atoms with E-state index in [0.717, 1.165) is 27.0 Å². The molecule has 0 spiro atoms. The van der Waals surface area contributed by atoms with E-state index in [4.69, 9.17) is 14.2 Å². The van der Waals surface area contributed by atoms with E-state index < -0.39 is 0 Å². The Hall–Kier alpha value is -2.80. The van der Waals surface area contributed by atoms with Crippen LogP contribution in [-0.4, -0.2) is 25.6 Å². The van der Waals surface area contributed by atoms with Crippen molar-refractivity contribution in [1.82, 2.24) is 5.32 Å². The van der Waals surface area contributed by atoms with Crippen LogP contribution < -0.4 is 19.5 Å². The average Bonchev–Trinajstić information content (AvgIpc) is 3.19. The third kappa shape index (κ3) is 3.27.